The van der Waals surface area contributed by atoms with Gasteiger partial charge in [0, 0.05) is 70.5 Å². The predicted octanol–water partition coefficient (Wildman–Crippen LogP) is -3.88. The first-order valence-corrected chi connectivity index (χ1v) is 11.4. The molecule has 21 nitrogen and oxygen atoms in total. The SMILES string of the molecule is CN1C(=O)N(C)C1=O.CN=c1oc(=O)n(C)c(=O)n1C.CNC(=O)N(C)C(=O)OC.Cn1c(=O)n(C)c(=O)n(C)c1=O. The number of ether oxygens (including phenoxy) is 1. The summed E-state index contributed by atoms with van der Waals surface area (Å²) in [6.07, 6.45) is -0.681. The maximum atomic E-state index is 11.2. The molecule has 234 valence electrons. The summed E-state index contributed by atoms with van der Waals surface area (Å²) in [5.41, 5.74) is -2.26. The number of imide groups is 3. The molecule has 1 aliphatic heterocycles. The van der Waals surface area contributed by atoms with Gasteiger partial charge >= 0.3 is 58.4 Å². The Morgan fingerprint density at radius 1 is 0.714 bits per heavy atom. The zero-order chi connectivity index (χ0) is 33.2. The second kappa shape index (κ2) is 15.3. The lowest BCUT2D eigenvalue weighted by molar-refractivity contribution is 0.125. The van der Waals surface area contributed by atoms with Gasteiger partial charge < -0.3 is 14.5 Å². The number of hydrogen-bond acceptors (Lipinski definition) is 12. The van der Waals surface area contributed by atoms with Gasteiger partial charge in [0.05, 0.1) is 7.11 Å². The van der Waals surface area contributed by atoms with E-state index in [-0.39, 0.29) is 17.7 Å². The average molecular weight is 603 g/mol. The van der Waals surface area contributed by atoms with Gasteiger partial charge in [-0.3, -0.25) is 4.57 Å². The highest BCUT2D eigenvalue weighted by Crippen LogP contribution is 2.08. The van der Waals surface area contributed by atoms with Gasteiger partial charge in [0.25, 0.3) is 0 Å². The molecule has 2 aromatic rings. The number of carbonyl (C=O) groups excluding carboxylic acids is 4. The molecule has 0 saturated carbocycles. The van der Waals surface area contributed by atoms with Crippen LogP contribution in [0.25, 0.3) is 0 Å². The third-order valence-corrected chi connectivity index (χ3v) is 5.34. The van der Waals surface area contributed by atoms with Crippen LogP contribution >= 0.6 is 0 Å². The fourth-order valence-electron chi connectivity index (χ4n) is 2.67. The summed E-state index contributed by atoms with van der Waals surface area (Å²) in [6, 6.07) is -0.975. The van der Waals surface area contributed by atoms with E-state index in [0.717, 1.165) is 37.5 Å². The van der Waals surface area contributed by atoms with Gasteiger partial charge in [0.1, 0.15) is 0 Å². The zero-order valence-electron chi connectivity index (χ0n) is 25.0. The van der Waals surface area contributed by atoms with Crippen LogP contribution in [0.15, 0.2) is 33.4 Å². The number of amides is 7. The Balaban J connectivity index is 0.000000540. The van der Waals surface area contributed by atoms with Crippen molar-refractivity contribution >= 4 is 24.2 Å². The van der Waals surface area contributed by atoms with E-state index in [9.17, 15) is 43.2 Å². The molecule has 0 radical (unpaired) electrons. The summed E-state index contributed by atoms with van der Waals surface area (Å²) in [7, 11) is 15.1. The highest BCUT2D eigenvalue weighted by molar-refractivity contribution is 6.11. The summed E-state index contributed by atoms with van der Waals surface area (Å²) in [6.45, 7) is 0. The van der Waals surface area contributed by atoms with Crippen molar-refractivity contribution in [3.63, 3.8) is 0 Å². The molecular formula is C21H34N10O11. The monoisotopic (exact) mass is 602 g/mol. The number of hydrogen-bond donors (Lipinski definition) is 1. The van der Waals surface area contributed by atoms with E-state index in [1.807, 2.05) is 0 Å². The van der Waals surface area contributed by atoms with Crippen molar-refractivity contribution in [1.29, 1.82) is 0 Å². The van der Waals surface area contributed by atoms with Gasteiger partial charge in [-0.2, -0.15) is 0 Å². The van der Waals surface area contributed by atoms with Crippen LogP contribution < -0.4 is 39.5 Å². The molecule has 1 fully saturated rings. The number of urea groups is 3. The molecule has 7 amide bonds. The number of nitrogens with zero attached hydrogens (tertiary/aromatic N) is 9. The Morgan fingerprint density at radius 3 is 1.36 bits per heavy atom. The Bertz CT molecular complexity index is 1560. The minimum absolute atomic E-state index is 0.0168. The van der Waals surface area contributed by atoms with Crippen molar-refractivity contribution in [2.45, 2.75) is 0 Å². The van der Waals surface area contributed by atoms with Gasteiger partial charge in [0.15, 0.2) is 0 Å². The standard InChI is InChI=1S/2C6H9N3O3.C5H10N2O3.C4H6N2O2/c1-7-4-8(2)5(10)9(3)6(11)12-4;1-7-4(10)8(2)6(12)9(3)5(7)11;1-6-4(8)7(2)5(9)10-3;1-5-3(7)6(2)4(5)8/h2*1-3H3;1-3H3,(H,6,8);1-2H3. The van der Waals surface area contributed by atoms with Crippen molar-refractivity contribution in [2.75, 3.05) is 42.3 Å². The van der Waals surface area contributed by atoms with E-state index >= 15 is 0 Å². The van der Waals surface area contributed by atoms with Crippen molar-refractivity contribution in [2.24, 2.45) is 40.2 Å². The van der Waals surface area contributed by atoms with E-state index in [1.54, 1.807) is 0 Å². The molecule has 3 heterocycles. The Hall–Kier alpha value is -5.50. The summed E-state index contributed by atoms with van der Waals surface area (Å²) >= 11 is 0. The summed E-state index contributed by atoms with van der Waals surface area (Å²) in [5, 5.41) is 2.27. The number of carbonyl (C=O) groups is 4. The van der Waals surface area contributed by atoms with Gasteiger partial charge in [-0.05, 0) is 0 Å². The molecule has 2 aromatic heterocycles. The molecule has 3 rings (SSSR count). The van der Waals surface area contributed by atoms with Crippen molar-refractivity contribution in [1.82, 2.24) is 42.9 Å². The Labute approximate surface area is 236 Å². The fourth-order valence-corrected chi connectivity index (χ4v) is 2.67. The molecule has 1 N–H and O–H groups in total. The lowest BCUT2D eigenvalue weighted by atomic mass is 10.5. The molecule has 1 saturated heterocycles. The van der Waals surface area contributed by atoms with Gasteiger partial charge in [0.2, 0.25) is 0 Å². The van der Waals surface area contributed by atoms with Gasteiger partial charge in [-0.25, -0.2) is 81.1 Å². The first-order chi connectivity index (χ1) is 19.3. The molecule has 21 heteroatoms. The lowest BCUT2D eigenvalue weighted by Crippen LogP contribution is -2.59. The van der Waals surface area contributed by atoms with Crippen molar-refractivity contribution in [3.05, 3.63) is 58.2 Å². The van der Waals surface area contributed by atoms with Crippen LogP contribution in [-0.4, -0.2) is 104 Å². The predicted molar refractivity (Wildman–Crippen MR) is 144 cm³/mol. The first-order valence-electron chi connectivity index (χ1n) is 11.4. The number of aromatic nitrogens is 5. The summed E-state index contributed by atoms with van der Waals surface area (Å²) in [5.74, 6) is -0.710. The lowest BCUT2D eigenvalue weighted by Gasteiger charge is -2.32. The third-order valence-electron chi connectivity index (χ3n) is 5.34. The van der Waals surface area contributed by atoms with Crippen molar-refractivity contribution in [3.8, 4) is 0 Å². The molecule has 0 aliphatic carbocycles. The smallest absolute Gasteiger partial charge is 0.425 e. The van der Waals surface area contributed by atoms with Crippen LogP contribution in [-0.2, 0) is 40.0 Å². The first kappa shape index (κ1) is 36.5. The Kier molecular flexibility index (Phi) is 13.3. The molecule has 0 bridgehead atoms. The zero-order valence-corrected chi connectivity index (χ0v) is 25.0. The van der Waals surface area contributed by atoms with Crippen LogP contribution in [0.1, 0.15) is 0 Å². The summed E-state index contributed by atoms with van der Waals surface area (Å²) < 4.78 is 13.6. The summed E-state index contributed by atoms with van der Waals surface area (Å²) in [4.78, 5) is 104. The molecule has 0 aromatic carbocycles. The molecular weight excluding hydrogens is 568 g/mol. The largest absolute Gasteiger partial charge is 0.452 e. The quantitative estimate of drug-likeness (QED) is 0.306. The van der Waals surface area contributed by atoms with E-state index in [0.29, 0.717) is 0 Å². The number of rotatable bonds is 0. The highest BCUT2D eigenvalue weighted by Gasteiger charge is 2.36. The number of nitrogens with one attached hydrogen (secondary N) is 1. The minimum Gasteiger partial charge on any atom is -0.452 e. The maximum absolute atomic E-state index is 11.2. The number of methoxy groups -OCH3 is 1. The van der Waals surface area contributed by atoms with Crippen LogP contribution in [0.3, 0.4) is 0 Å². The molecule has 42 heavy (non-hydrogen) atoms. The Morgan fingerprint density at radius 2 is 1.07 bits per heavy atom. The van der Waals surface area contributed by atoms with E-state index in [1.165, 1.54) is 77.6 Å². The van der Waals surface area contributed by atoms with Gasteiger partial charge in [-0.1, -0.05) is 0 Å². The molecule has 1 aliphatic rings. The molecule has 0 atom stereocenters. The van der Waals surface area contributed by atoms with Gasteiger partial charge in [-0.15, -0.1) is 0 Å². The molecule has 0 unspecified atom stereocenters. The van der Waals surface area contributed by atoms with Crippen LogP contribution in [0.5, 0.6) is 0 Å². The topological polar surface area (TPSA) is 235 Å². The van der Waals surface area contributed by atoms with Crippen LogP contribution in [0, 0.1) is 0 Å². The fraction of sp³-hybridized carbons (Fsp3) is 0.524. The van der Waals surface area contributed by atoms with Crippen molar-refractivity contribution < 1.29 is 28.3 Å². The van der Waals surface area contributed by atoms with E-state index in [2.05, 4.69) is 19.5 Å². The normalized spacial score (nSPS) is 12.0. The maximum Gasteiger partial charge on any atom is 0.425 e. The second-order valence-corrected chi connectivity index (χ2v) is 8.07. The minimum atomic E-state index is -0.710. The molecule has 0 spiro atoms. The van der Waals surface area contributed by atoms with Crippen LogP contribution in [0.4, 0.5) is 19.2 Å². The van der Waals surface area contributed by atoms with E-state index < -0.39 is 40.6 Å². The highest BCUT2D eigenvalue weighted by atomic mass is 16.5. The van der Waals surface area contributed by atoms with E-state index in [4.69, 9.17) is 0 Å². The second-order valence-electron chi connectivity index (χ2n) is 8.07. The third kappa shape index (κ3) is 8.25. The average Bonchev–Trinajstić information content (AvgIpc) is 3.01. The van der Waals surface area contributed by atoms with Crippen LogP contribution in [0.2, 0.25) is 0 Å².